The first kappa shape index (κ1) is 16.3. The molecule has 0 bridgehead atoms. The molecule has 25 heavy (non-hydrogen) atoms. The van der Waals surface area contributed by atoms with E-state index in [0.717, 1.165) is 42.2 Å². The Morgan fingerprint density at radius 2 is 2.32 bits per heavy atom. The summed E-state index contributed by atoms with van der Waals surface area (Å²) in [6.07, 6.45) is 0.891. The molecular formula is C17H23N5O3. The van der Waals surface area contributed by atoms with Crippen molar-refractivity contribution in [2.24, 2.45) is 5.92 Å². The minimum Gasteiger partial charge on any atom is -0.391 e. The summed E-state index contributed by atoms with van der Waals surface area (Å²) in [7, 11) is 2.04. The summed E-state index contributed by atoms with van der Waals surface area (Å²) >= 11 is 0. The maximum Gasteiger partial charge on any atom is 0.274 e. The van der Waals surface area contributed by atoms with Crippen LogP contribution in [-0.4, -0.2) is 69.0 Å². The summed E-state index contributed by atoms with van der Waals surface area (Å²) in [5, 5.41) is 21.5. The van der Waals surface area contributed by atoms with Crippen LogP contribution < -0.4 is 0 Å². The average molecular weight is 345 g/mol. The van der Waals surface area contributed by atoms with E-state index in [1.807, 2.05) is 20.0 Å². The summed E-state index contributed by atoms with van der Waals surface area (Å²) in [5.41, 5.74) is 3.35. The number of nitrogens with one attached hydrogen (secondary N) is 1. The summed E-state index contributed by atoms with van der Waals surface area (Å²) in [6.45, 7) is 4.38. The number of H-pyrrole nitrogens is 1. The van der Waals surface area contributed by atoms with Gasteiger partial charge in [-0.2, -0.15) is 5.10 Å². The van der Waals surface area contributed by atoms with E-state index in [4.69, 9.17) is 4.52 Å². The smallest absolute Gasteiger partial charge is 0.274 e. The SMILES string of the molecule is Cc1cc(C[C@@H]2CN(C(=O)c3n[nH]c4c3CN(C)CC4)C[C@H]2O)on1. The number of aliphatic hydroxyl groups excluding tert-OH is 1. The van der Waals surface area contributed by atoms with Gasteiger partial charge in [0.2, 0.25) is 0 Å². The molecule has 0 aliphatic carbocycles. The van der Waals surface area contributed by atoms with Crippen molar-refractivity contribution in [2.75, 3.05) is 26.7 Å². The predicted molar refractivity (Wildman–Crippen MR) is 89.0 cm³/mol. The Hall–Kier alpha value is -2.19. The van der Waals surface area contributed by atoms with Crippen molar-refractivity contribution in [2.45, 2.75) is 32.4 Å². The fourth-order valence-electron chi connectivity index (χ4n) is 3.75. The van der Waals surface area contributed by atoms with Gasteiger partial charge in [0.1, 0.15) is 5.76 Å². The number of β-amino-alcohol motifs (C(OH)–C–C–N with tert-alkyl or cyclic N) is 1. The zero-order valence-electron chi connectivity index (χ0n) is 14.5. The van der Waals surface area contributed by atoms with Crippen LogP contribution in [0.1, 0.15) is 33.2 Å². The number of rotatable bonds is 3. The van der Waals surface area contributed by atoms with Crippen LogP contribution in [-0.2, 0) is 19.4 Å². The second-order valence-electron chi connectivity index (χ2n) is 7.19. The first-order valence-corrected chi connectivity index (χ1v) is 8.65. The number of amides is 1. The minimum atomic E-state index is -0.563. The van der Waals surface area contributed by atoms with Crippen LogP contribution in [0.4, 0.5) is 0 Å². The highest BCUT2D eigenvalue weighted by Crippen LogP contribution is 2.26. The van der Waals surface area contributed by atoms with E-state index < -0.39 is 6.10 Å². The third-order valence-electron chi connectivity index (χ3n) is 5.16. The Bertz CT molecular complexity index is 783. The van der Waals surface area contributed by atoms with Gasteiger partial charge in [0.05, 0.1) is 11.8 Å². The summed E-state index contributed by atoms with van der Waals surface area (Å²) < 4.78 is 5.24. The number of carbonyl (C=O) groups excluding carboxylic acids is 1. The highest BCUT2D eigenvalue weighted by molar-refractivity contribution is 5.94. The Morgan fingerprint density at radius 1 is 1.48 bits per heavy atom. The second kappa shape index (κ2) is 6.27. The van der Waals surface area contributed by atoms with Crippen molar-refractivity contribution >= 4 is 5.91 Å². The number of aliphatic hydroxyl groups is 1. The van der Waals surface area contributed by atoms with Crippen LogP contribution in [0.3, 0.4) is 0 Å². The molecule has 2 atom stereocenters. The molecule has 2 aromatic heterocycles. The number of carbonyl (C=O) groups is 1. The van der Waals surface area contributed by atoms with Gasteiger partial charge in [-0.1, -0.05) is 5.16 Å². The largest absolute Gasteiger partial charge is 0.391 e. The van der Waals surface area contributed by atoms with Gasteiger partial charge in [-0.3, -0.25) is 9.89 Å². The fraction of sp³-hybridized carbons (Fsp3) is 0.588. The lowest BCUT2D eigenvalue weighted by molar-refractivity contribution is 0.0756. The lowest BCUT2D eigenvalue weighted by Crippen LogP contribution is -2.32. The van der Waals surface area contributed by atoms with Crippen molar-refractivity contribution in [3.05, 3.63) is 34.5 Å². The van der Waals surface area contributed by atoms with E-state index in [-0.39, 0.29) is 11.8 Å². The molecule has 2 aromatic rings. The number of hydrogen-bond donors (Lipinski definition) is 2. The number of aromatic nitrogens is 3. The van der Waals surface area contributed by atoms with E-state index in [1.54, 1.807) is 4.90 Å². The van der Waals surface area contributed by atoms with Crippen LogP contribution in [0.2, 0.25) is 0 Å². The molecule has 0 saturated carbocycles. The molecule has 8 nitrogen and oxygen atoms in total. The molecule has 0 unspecified atom stereocenters. The number of aryl methyl sites for hydroxylation is 1. The molecule has 1 saturated heterocycles. The van der Waals surface area contributed by atoms with Crippen LogP contribution in [0.15, 0.2) is 10.6 Å². The lowest BCUT2D eigenvalue weighted by Gasteiger charge is -2.23. The molecule has 4 rings (SSSR count). The van der Waals surface area contributed by atoms with Crippen molar-refractivity contribution < 1.29 is 14.4 Å². The maximum absolute atomic E-state index is 12.9. The number of nitrogens with zero attached hydrogens (tertiary/aromatic N) is 4. The molecule has 2 aliphatic heterocycles. The van der Waals surface area contributed by atoms with E-state index in [2.05, 4.69) is 20.3 Å². The van der Waals surface area contributed by atoms with E-state index >= 15 is 0 Å². The first-order chi connectivity index (χ1) is 12.0. The quantitative estimate of drug-likeness (QED) is 0.834. The first-order valence-electron chi connectivity index (χ1n) is 8.65. The van der Waals surface area contributed by atoms with Gasteiger partial charge in [0, 0.05) is 62.3 Å². The van der Waals surface area contributed by atoms with Gasteiger partial charge in [-0.05, 0) is 14.0 Å². The van der Waals surface area contributed by atoms with Gasteiger partial charge in [-0.15, -0.1) is 0 Å². The Balaban J connectivity index is 1.47. The number of likely N-dealkylation sites (N-methyl/N-ethyl adjacent to an activating group) is 1. The lowest BCUT2D eigenvalue weighted by atomic mass is 10.0. The molecule has 2 aliphatic rings. The second-order valence-corrected chi connectivity index (χ2v) is 7.19. The molecular weight excluding hydrogens is 322 g/mol. The number of hydrogen-bond acceptors (Lipinski definition) is 6. The normalized spacial score (nSPS) is 23.9. The van der Waals surface area contributed by atoms with E-state index in [1.165, 1.54) is 0 Å². The number of likely N-dealkylation sites (tertiary alicyclic amines) is 1. The van der Waals surface area contributed by atoms with Crippen molar-refractivity contribution in [1.82, 2.24) is 25.2 Å². The van der Waals surface area contributed by atoms with Crippen molar-refractivity contribution in [1.29, 1.82) is 0 Å². The highest BCUT2D eigenvalue weighted by Gasteiger charge is 2.37. The van der Waals surface area contributed by atoms with Crippen LogP contribution in [0, 0.1) is 12.8 Å². The van der Waals surface area contributed by atoms with Gasteiger partial charge in [0.25, 0.3) is 5.91 Å². The standard InChI is InChI=1S/C17H23N5O3/c1-10-5-12(25-20-10)6-11-7-22(9-15(11)23)17(24)16-13-8-21(2)4-3-14(13)18-19-16/h5,11,15,23H,3-4,6-9H2,1-2H3,(H,18,19)/t11-,15-/m1/s1. The van der Waals surface area contributed by atoms with Crippen molar-refractivity contribution in [3.63, 3.8) is 0 Å². The van der Waals surface area contributed by atoms with Gasteiger partial charge in [0.15, 0.2) is 5.69 Å². The third kappa shape index (κ3) is 3.07. The number of aromatic amines is 1. The van der Waals surface area contributed by atoms with Gasteiger partial charge in [-0.25, -0.2) is 0 Å². The fourth-order valence-corrected chi connectivity index (χ4v) is 3.75. The molecule has 8 heteroatoms. The Labute approximate surface area is 145 Å². The van der Waals surface area contributed by atoms with E-state index in [9.17, 15) is 9.90 Å². The molecule has 0 spiro atoms. The molecule has 1 fully saturated rings. The molecule has 2 N–H and O–H groups in total. The topological polar surface area (TPSA) is 98.5 Å². The Kier molecular flexibility index (Phi) is 4.09. The third-order valence-corrected chi connectivity index (χ3v) is 5.16. The summed E-state index contributed by atoms with van der Waals surface area (Å²) in [5.74, 6) is 0.589. The van der Waals surface area contributed by atoms with Crippen LogP contribution in [0.5, 0.6) is 0 Å². The highest BCUT2D eigenvalue weighted by atomic mass is 16.5. The molecule has 134 valence electrons. The molecule has 1 amide bonds. The van der Waals surface area contributed by atoms with Crippen molar-refractivity contribution in [3.8, 4) is 0 Å². The van der Waals surface area contributed by atoms with Gasteiger partial charge >= 0.3 is 0 Å². The van der Waals surface area contributed by atoms with Crippen LogP contribution in [0.25, 0.3) is 0 Å². The zero-order chi connectivity index (χ0) is 17.6. The summed E-state index contributed by atoms with van der Waals surface area (Å²) in [4.78, 5) is 16.8. The maximum atomic E-state index is 12.9. The molecule has 0 radical (unpaired) electrons. The monoisotopic (exact) mass is 345 g/mol. The predicted octanol–water partition coefficient (Wildman–Crippen LogP) is 0.370. The zero-order valence-corrected chi connectivity index (χ0v) is 14.5. The minimum absolute atomic E-state index is 0.0475. The average Bonchev–Trinajstić information content (AvgIpc) is 3.27. The Morgan fingerprint density at radius 3 is 3.08 bits per heavy atom. The number of fused-ring (bicyclic) bond motifs is 1. The van der Waals surface area contributed by atoms with Gasteiger partial charge < -0.3 is 19.4 Å². The molecule has 4 heterocycles. The molecule has 0 aromatic carbocycles. The summed E-state index contributed by atoms with van der Waals surface area (Å²) in [6, 6.07) is 1.87. The van der Waals surface area contributed by atoms with E-state index in [0.29, 0.717) is 25.2 Å². The van der Waals surface area contributed by atoms with Crippen LogP contribution >= 0.6 is 0 Å².